The van der Waals surface area contributed by atoms with E-state index in [2.05, 4.69) is 0 Å². The van der Waals surface area contributed by atoms with Crippen molar-refractivity contribution in [2.45, 2.75) is 24.4 Å². The van der Waals surface area contributed by atoms with Crippen LogP contribution in [0.5, 0.6) is 0 Å². The molecule has 0 spiro atoms. The molecule has 0 saturated carbocycles. The molecule has 106 valence electrons. The molecule has 0 aliphatic rings. The van der Waals surface area contributed by atoms with Crippen molar-refractivity contribution in [1.82, 2.24) is 0 Å². The fraction of sp³-hybridized carbons (Fsp3) is 0.364. The van der Waals surface area contributed by atoms with Gasteiger partial charge in [0.1, 0.15) is 0 Å². The smallest absolute Gasteiger partial charge is 0.416 e. The van der Waals surface area contributed by atoms with Crippen molar-refractivity contribution < 1.29 is 31.5 Å². The lowest BCUT2D eigenvalue weighted by Gasteiger charge is -2.16. The molecular weight excluding hydrogens is 285 g/mol. The van der Waals surface area contributed by atoms with Crippen molar-refractivity contribution in [2.75, 3.05) is 6.26 Å². The van der Waals surface area contributed by atoms with Gasteiger partial charge in [0.05, 0.1) is 16.0 Å². The molecule has 0 atom stereocenters. The summed E-state index contributed by atoms with van der Waals surface area (Å²) in [6, 6.07) is 1.26. The summed E-state index contributed by atoms with van der Waals surface area (Å²) in [7, 11) is -4.08. The zero-order valence-corrected chi connectivity index (χ0v) is 10.9. The second-order valence-corrected chi connectivity index (χ2v) is 5.85. The van der Waals surface area contributed by atoms with Gasteiger partial charge in [0.15, 0.2) is 9.84 Å². The van der Waals surface area contributed by atoms with E-state index < -0.39 is 43.6 Å². The first-order valence-electron chi connectivity index (χ1n) is 5.16. The van der Waals surface area contributed by atoms with E-state index in [9.17, 15) is 26.4 Å². The Hall–Kier alpha value is -1.57. The van der Waals surface area contributed by atoms with Crippen molar-refractivity contribution >= 4 is 15.8 Å². The van der Waals surface area contributed by atoms with E-state index in [1.807, 2.05) is 0 Å². The first kappa shape index (κ1) is 15.5. The molecule has 1 rings (SSSR count). The van der Waals surface area contributed by atoms with Gasteiger partial charge in [-0.15, -0.1) is 0 Å². The summed E-state index contributed by atoms with van der Waals surface area (Å²) >= 11 is 0. The molecule has 0 radical (unpaired) electrons. The number of rotatable bonds is 3. The van der Waals surface area contributed by atoms with Crippen LogP contribution in [0.1, 0.15) is 28.4 Å². The molecule has 1 N–H and O–H groups in total. The predicted octanol–water partition coefficient (Wildman–Crippen LogP) is 2.37. The van der Waals surface area contributed by atoms with Gasteiger partial charge in [-0.3, -0.25) is 0 Å². The lowest BCUT2D eigenvalue weighted by molar-refractivity contribution is -0.138. The minimum atomic E-state index is -4.73. The molecule has 0 heterocycles. The van der Waals surface area contributed by atoms with Crippen LogP contribution in [0.15, 0.2) is 17.0 Å². The summed E-state index contributed by atoms with van der Waals surface area (Å²) in [4.78, 5) is 10.2. The maximum atomic E-state index is 12.8. The Kier molecular flexibility index (Phi) is 3.94. The molecular formula is C11H11F3O4S. The second-order valence-electron chi connectivity index (χ2n) is 3.90. The standard InChI is InChI=1S/C11H11F3O4S/c1-3-6-8(11(12,13)14)5-4-7(10(15)16)9(6)19(2,17)18/h4-5H,3H2,1-2H3,(H,15,16). The molecule has 1 aromatic rings. The molecule has 1 aromatic carbocycles. The average molecular weight is 296 g/mol. The maximum Gasteiger partial charge on any atom is 0.416 e. The molecule has 19 heavy (non-hydrogen) atoms. The van der Waals surface area contributed by atoms with Gasteiger partial charge in [-0.25, -0.2) is 13.2 Å². The van der Waals surface area contributed by atoms with E-state index in [1.54, 1.807) is 0 Å². The molecule has 4 nitrogen and oxygen atoms in total. The molecule has 0 saturated heterocycles. The third kappa shape index (κ3) is 3.06. The summed E-state index contributed by atoms with van der Waals surface area (Å²) in [5.74, 6) is -1.58. The number of hydrogen-bond donors (Lipinski definition) is 1. The highest BCUT2D eigenvalue weighted by Crippen LogP contribution is 2.36. The van der Waals surface area contributed by atoms with Crippen LogP contribution in [-0.4, -0.2) is 25.7 Å². The van der Waals surface area contributed by atoms with Crippen molar-refractivity contribution in [3.05, 3.63) is 28.8 Å². The summed E-state index contributed by atoms with van der Waals surface area (Å²) in [6.07, 6.45) is -4.28. The fourth-order valence-electron chi connectivity index (χ4n) is 1.84. The average Bonchev–Trinajstić information content (AvgIpc) is 2.24. The summed E-state index contributed by atoms with van der Waals surface area (Å²) in [5.41, 5.74) is -2.29. The zero-order valence-electron chi connectivity index (χ0n) is 10.1. The van der Waals surface area contributed by atoms with Gasteiger partial charge < -0.3 is 5.11 Å². The predicted molar refractivity (Wildman–Crippen MR) is 60.9 cm³/mol. The van der Waals surface area contributed by atoms with Crippen LogP contribution in [0.25, 0.3) is 0 Å². The number of carboxylic acid groups (broad SMARTS) is 1. The second kappa shape index (κ2) is 4.84. The molecule has 0 bridgehead atoms. The lowest BCUT2D eigenvalue weighted by Crippen LogP contribution is -2.17. The Labute approximate surface area is 107 Å². The SMILES string of the molecule is CCc1c(C(F)(F)F)ccc(C(=O)O)c1S(C)(=O)=O. The molecule has 0 unspecified atom stereocenters. The lowest BCUT2D eigenvalue weighted by atomic mass is 10.0. The Morgan fingerprint density at radius 3 is 2.16 bits per heavy atom. The van der Waals surface area contributed by atoms with Crippen LogP contribution in [0.4, 0.5) is 13.2 Å². The number of sulfone groups is 1. The number of benzene rings is 1. The summed E-state index contributed by atoms with van der Waals surface area (Å²) in [5, 5.41) is 8.90. The first-order chi connectivity index (χ1) is 8.50. The van der Waals surface area contributed by atoms with Crippen LogP contribution in [0.3, 0.4) is 0 Å². The molecule has 0 aliphatic carbocycles. The van der Waals surface area contributed by atoms with Crippen LogP contribution >= 0.6 is 0 Å². The number of aromatic carboxylic acids is 1. The van der Waals surface area contributed by atoms with Gasteiger partial charge in [-0.05, 0) is 24.1 Å². The van der Waals surface area contributed by atoms with E-state index in [0.717, 1.165) is 0 Å². The third-order valence-corrected chi connectivity index (χ3v) is 3.73. The van der Waals surface area contributed by atoms with Crippen molar-refractivity contribution in [2.24, 2.45) is 0 Å². The Morgan fingerprint density at radius 2 is 1.84 bits per heavy atom. The number of carboxylic acids is 1. The highest BCUT2D eigenvalue weighted by atomic mass is 32.2. The van der Waals surface area contributed by atoms with E-state index in [1.165, 1.54) is 6.92 Å². The highest BCUT2D eigenvalue weighted by molar-refractivity contribution is 7.90. The summed E-state index contributed by atoms with van der Waals surface area (Å²) in [6.45, 7) is 1.34. The van der Waals surface area contributed by atoms with E-state index >= 15 is 0 Å². The number of carbonyl (C=O) groups is 1. The first-order valence-corrected chi connectivity index (χ1v) is 7.05. The maximum absolute atomic E-state index is 12.8. The fourth-order valence-corrected chi connectivity index (χ4v) is 3.09. The van der Waals surface area contributed by atoms with Gasteiger partial charge in [-0.1, -0.05) is 6.92 Å². The van der Waals surface area contributed by atoms with E-state index in [4.69, 9.17) is 5.11 Å². The van der Waals surface area contributed by atoms with E-state index in [-0.39, 0.29) is 6.42 Å². The molecule has 0 fully saturated rings. The molecule has 8 heteroatoms. The van der Waals surface area contributed by atoms with Crippen LogP contribution in [0, 0.1) is 0 Å². The minimum Gasteiger partial charge on any atom is -0.478 e. The monoisotopic (exact) mass is 296 g/mol. The van der Waals surface area contributed by atoms with Crippen LogP contribution < -0.4 is 0 Å². The largest absolute Gasteiger partial charge is 0.478 e. The van der Waals surface area contributed by atoms with Gasteiger partial charge in [0.25, 0.3) is 0 Å². The Bertz CT molecular complexity index is 618. The van der Waals surface area contributed by atoms with Gasteiger partial charge in [0.2, 0.25) is 0 Å². The number of alkyl halides is 3. The molecule has 0 aliphatic heterocycles. The zero-order chi connectivity index (χ0) is 15.0. The topological polar surface area (TPSA) is 71.4 Å². The third-order valence-electron chi connectivity index (χ3n) is 2.52. The quantitative estimate of drug-likeness (QED) is 0.929. The normalized spacial score (nSPS) is 12.5. The van der Waals surface area contributed by atoms with Crippen LogP contribution in [0.2, 0.25) is 0 Å². The van der Waals surface area contributed by atoms with Gasteiger partial charge in [-0.2, -0.15) is 13.2 Å². The summed E-state index contributed by atoms with van der Waals surface area (Å²) < 4.78 is 61.6. The van der Waals surface area contributed by atoms with Crippen molar-refractivity contribution in [3.63, 3.8) is 0 Å². The van der Waals surface area contributed by atoms with Gasteiger partial charge in [0, 0.05) is 6.26 Å². The number of halogens is 3. The number of hydrogen-bond acceptors (Lipinski definition) is 3. The van der Waals surface area contributed by atoms with E-state index in [0.29, 0.717) is 18.4 Å². The van der Waals surface area contributed by atoms with Crippen molar-refractivity contribution in [3.8, 4) is 0 Å². The highest BCUT2D eigenvalue weighted by Gasteiger charge is 2.36. The van der Waals surface area contributed by atoms with Crippen LogP contribution in [-0.2, 0) is 22.4 Å². The molecule has 0 aromatic heterocycles. The van der Waals surface area contributed by atoms with Gasteiger partial charge >= 0.3 is 12.1 Å². The molecule has 0 amide bonds. The Morgan fingerprint density at radius 1 is 1.32 bits per heavy atom. The minimum absolute atomic E-state index is 0.238. The van der Waals surface area contributed by atoms with Crippen molar-refractivity contribution in [1.29, 1.82) is 0 Å². The Balaban J connectivity index is 3.86.